The first-order valence-corrected chi connectivity index (χ1v) is 0.957. The largest absolute Gasteiger partial charge is 0.304 e. The summed E-state index contributed by atoms with van der Waals surface area (Å²) in [4.78, 5) is 0. The molecule has 0 heterocycles. The summed E-state index contributed by atoms with van der Waals surface area (Å²) in [7, 11) is 0. The van der Waals surface area contributed by atoms with Gasteiger partial charge in [0.15, 0.2) is 0 Å². The van der Waals surface area contributed by atoms with Gasteiger partial charge >= 0.3 is 6.08 Å². The summed E-state index contributed by atoms with van der Waals surface area (Å²) < 4.78 is 0. The molecule has 2 radical (unpaired) electrons. The second-order valence-corrected chi connectivity index (χ2v) is 0.530. The second kappa shape index (κ2) is 1.92. The number of rotatable bonds is 0. The van der Waals surface area contributed by atoms with E-state index in [9.17, 15) is 0 Å². The van der Waals surface area contributed by atoms with E-state index < -0.39 is 0 Å². The van der Waals surface area contributed by atoms with Crippen molar-refractivity contribution in [1.82, 2.24) is 0 Å². The molecule has 0 aromatic carbocycles. The van der Waals surface area contributed by atoms with Crippen LogP contribution in [0.3, 0.4) is 0 Å². The van der Waals surface area contributed by atoms with Gasteiger partial charge in [-0.25, -0.2) is 0 Å². The van der Waals surface area contributed by atoms with E-state index in [2.05, 4.69) is 12.2 Å². The second-order valence-electron chi connectivity index (χ2n) is 0.530. The van der Waals surface area contributed by atoms with Crippen LogP contribution in [0.1, 0.15) is 6.42 Å². The van der Waals surface area contributed by atoms with Crippen LogP contribution in [0.15, 0.2) is 0 Å². The van der Waals surface area contributed by atoms with Gasteiger partial charge in [-0.05, 0) is 0 Å². The Morgan fingerprint density at radius 1 is 1.75 bits per heavy atom. The molecule has 0 unspecified atom stereocenters. The maximum Gasteiger partial charge on any atom is 0.304 e. The minimum atomic E-state index is 0. The summed E-state index contributed by atoms with van der Waals surface area (Å²) in [5, 5.41) is 0. The van der Waals surface area contributed by atoms with Crippen LogP contribution in [0, 0.1) is 12.2 Å². The van der Waals surface area contributed by atoms with Crippen LogP contribution in [-0.2, 0) is 0 Å². The maximum absolute atomic E-state index is 2.75. The smallest absolute Gasteiger partial charge is 0 e. The van der Waals surface area contributed by atoms with Crippen LogP contribution in [0.5, 0.6) is 0 Å². The predicted molar refractivity (Wildman–Crippen MR) is 16.9 cm³/mol. The SMILES string of the molecule is [C]1=[C+]C1.[Na]. The summed E-state index contributed by atoms with van der Waals surface area (Å²) in [6.45, 7) is 0. The molecule has 0 aromatic rings. The van der Waals surface area contributed by atoms with E-state index in [-0.39, 0.29) is 29.6 Å². The molecule has 0 nitrogen and oxygen atoms in total. The topological polar surface area (TPSA) is 0 Å². The van der Waals surface area contributed by atoms with Gasteiger partial charge in [0.05, 0.1) is 0 Å². The molecule has 4 heavy (non-hydrogen) atoms. The molecule has 0 saturated carbocycles. The van der Waals surface area contributed by atoms with Gasteiger partial charge < -0.3 is 0 Å². The van der Waals surface area contributed by atoms with E-state index >= 15 is 0 Å². The third-order valence-corrected chi connectivity index (χ3v) is 0.177. The monoisotopic (exact) mass is 61.0 g/mol. The van der Waals surface area contributed by atoms with E-state index in [1.54, 1.807) is 0 Å². The first kappa shape index (κ1) is 4.65. The van der Waals surface area contributed by atoms with Gasteiger partial charge in [-0.1, -0.05) is 0 Å². The molecule has 0 N–H and O–H groups in total. The molecule has 14 valence electrons. The minimum absolute atomic E-state index is 0. The minimum Gasteiger partial charge on any atom is 0 e. The number of hydrogen-bond acceptors (Lipinski definition) is 0. The van der Waals surface area contributed by atoms with Crippen molar-refractivity contribution in [2.75, 3.05) is 0 Å². The summed E-state index contributed by atoms with van der Waals surface area (Å²) >= 11 is 0. The fraction of sp³-hybridized carbons (Fsp3) is 0.333. The molecule has 0 saturated heterocycles. The van der Waals surface area contributed by atoms with Gasteiger partial charge in [0, 0.05) is 29.6 Å². The molecule has 0 aliphatic heterocycles. The van der Waals surface area contributed by atoms with Crippen LogP contribution >= 0.6 is 0 Å². The van der Waals surface area contributed by atoms with E-state index in [0.29, 0.717) is 0 Å². The van der Waals surface area contributed by atoms with Gasteiger partial charge in [-0.3, -0.25) is 0 Å². The van der Waals surface area contributed by atoms with E-state index in [4.69, 9.17) is 0 Å². The average molecular weight is 61.0 g/mol. The van der Waals surface area contributed by atoms with Crippen molar-refractivity contribution in [3.8, 4) is 0 Å². The van der Waals surface area contributed by atoms with E-state index in [1.165, 1.54) is 0 Å². The fourth-order valence-corrected chi connectivity index (χ4v) is 0. The zero-order valence-corrected chi connectivity index (χ0v) is 4.71. The Morgan fingerprint density at radius 3 is 2.00 bits per heavy atom. The Morgan fingerprint density at radius 2 is 2.00 bits per heavy atom. The third kappa shape index (κ3) is 2.65. The van der Waals surface area contributed by atoms with E-state index in [0.717, 1.165) is 6.42 Å². The Balaban J connectivity index is 0.0000000900. The van der Waals surface area contributed by atoms with Crippen molar-refractivity contribution in [2.24, 2.45) is 0 Å². The summed E-state index contributed by atoms with van der Waals surface area (Å²) in [5.74, 6) is 0. The molecular weight excluding hydrogens is 59.0 g/mol. The van der Waals surface area contributed by atoms with Crippen molar-refractivity contribution in [3.63, 3.8) is 0 Å². The molecule has 0 spiro atoms. The van der Waals surface area contributed by atoms with Crippen molar-refractivity contribution in [1.29, 1.82) is 0 Å². The van der Waals surface area contributed by atoms with Crippen LogP contribution < -0.4 is 0 Å². The third-order valence-electron chi connectivity index (χ3n) is 0.177. The van der Waals surface area contributed by atoms with Gasteiger partial charge in [-0.2, -0.15) is 0 Å². The Labute approximate surface area is 48.2 Å². The van der Waals surface area contributed by atoms with Crippen LogP contribution in [0.25, 0.3) is 0 Å². The molecule has 1 aliphatic carbocycles. The number of hydrogen-bond donors (Lipinski definition) is 0. The van der Waals surface area contributed by atoms with Gasteiger partial charge in [0.1, 0.15) is 0 Å². The van der Waals surface area contributed by atoms with Crippen molar-refractivity contribution < 1.29 is 0 Å². The quantitative estimate of drug-likeness (QED) is 0.276. The first-order chi connectivity index (χ1) is 1.50. The zero-order chi connectivity index (χ0) is 2.12. The molecular formula is C3H2Na+. The van der Waals surface area contributed by atoms with Crippen molar-refractivity contribution in [3.05, 3.63) is 12.2 Å². The molecule has 0 aromatic heterocycles. The number of allylic oxidation sites excluding steroid dienone is 2. The van der Waals surface area contributed by atoms with Gasteiger partial charge in [0.2, 0.25) is 12.5 Å². The normalized spacial score (nSPS) is 12.0. The molecule has 0 fully saturated rings. The van der Waals surface area contributed by atoms with Crippen LogP contribution in [0.2, 0.25) is 0 Å². The van der Waals surface area contributed by atoms with Gasteiger partial charge in [0.25, 0.3) is 0 Å². The molecule has 1 heteroatoms. The van der Waals surface area contributed by atoms with Crippen LogP contribution in [0.4, 0.5) is 0 Å². The molecule has 0 atom stereocenters. The maximum atomic E-state index is 2.75. The molecule has 0 amide bonds. The Hall–Kier alpha value is 0.650. The van der Waals surface area contributed by atoms with Crippen molar-refractivity contribution >= 4 is 29.6 Å². The average Bonchev–Trinajstić information content (AvgIpc) is 1.46. The Bertz CT molecular complexity index is 26.3. The van der Waals surface area contributed by atoms with Crippen LogP contribution in [-0.4, -0.2) is 29.6 Å². The molecule has 0 bridgehead atoms. The van der Waals surface area contributed by atoms with Crippen molar-refractivity contribution in [2.45, 2.75) is 6.42 Å². The Kier molecular flexibility index (Phi) is 2.24. The zero-order valence-electron chi connectivity index (χ0n) is 2.71. The summed E-state index contributed by atoms with van der Waals surface area (Å²) in [6.07, 6.45) is 6.50. The predicted octanol–water partition coefficient (Wildman–Crippen LogP) is 0.172. The standard InChI is InChI=1S/C3H2.Na/c1-2-3-1;/h1H2;/q+1;. The van der Waals surface area contributed by atoms with E-state index in [1.807, 2.05) is 0 Å². The summed E-state index contributed by atoms with van der Waals surface area (Å²) in [6, 6.07) is 0. The first-order valence-electron chi connectivity index (χ1n) is 0.957. The molecule has 1 rings (SSSR count). The molecule has 1 aliphatic rings. The van der Waals surface area contributed by atoms with Gasteiger partial charge in [-0.15, -0.1) is 0 Å². The fourth-order valence-electron chi connectivity index (χ4n) is 0. The summed E-state index contributed by atoms with van der Waals surface area (Å²) in [5.41, 5.74) is 0.